The molecular formula is C22H20F4N2O. The summed E-state index contributed by atoms with van der Waals surface area (Å²) in [6, 6.07) is 8.02. The van der Waals surface area contributed by atoms with E-state index in [1.807, 2.05) is 0 Å². The van der Waals surface area contributed by atoms with E-state index < -0.39 is 17.6 Å². The number of H-pyrrole nitrogens is 1. The lowest BCUT2D eigenvalue weighted by Crippen LogP contribution is -2.31. The highest BCUT2D eigenvalue weighted by Crippen LogP contribution is 2.38. The van der Waals surface area contributed by atoms with Gasteiger partial charge in [-0.2, -0.15) is 13.2 Å². The number of nitrogens with zero attached hydrogens (tertiary/aromatic N) is 1. The maximum absolute atomic E-state index is 14.5. The SMILES string of the molecule is CCN(Cc1cc(C(F)(F)F)ccc1-c1c[nH]c2cccc(F)c12)C(=O)C1CC1. The molecule has 0 spiro atoms. The molecule has 1 saturated carbocycles. The number of carbonyl (C=O) groups excluding carboxylic acids is 1. The molecule has 2 aromatic carbocycles. The molecule has 0 bridgehead atoms. The smallest absolute Gasteiger partial charge is 0.360 e. The highest BCUT2D eigenvalue weighted by molar-refractivity contribution is 5.96. The van der Waals surface area contributed by atoms with Crippen molar-refractivity contribution in [3.63, 3.8) is 0 Å². The lowest BCUT2D eigenvalue weighted by Gasteiger charge is -2.23. The van der Waals surface area contributed by atoms with Gasteiger partial charge >= 0.3 is 6.18 Å². The van der Waals surface area contributed by atoms with Crippen molar-refractivity contribution in [1.29, 1.82) is 0 Å². The molecule has 0 radical (unpaired) electrons. The van der Waals surface area contributed by atoms with Gasteiger partial charge in [-0.3, -0.25) is 4.79 Å². The summed E-state index contributed by atoms with van der Waals surface area (Å²) in [7, 11) is 0. The van der Waals surface area contributed by atoms with Crippen molar-refractivity contribution in [3.05, 3.63) is 59.5 Å². The van der Waals surface area contributed by atoms with Gasteiger partial charge in [0.1, 0.15) is 5.82 Å². The second-order valence-electron chi connectivity index (χ2n) is 7.36. The van der Waals surface area contributed by atoms with Gasteiger partial charge in [0.25, 0.3) is 0 Å². The third-order valence-corrected chi connectivity index (χ3v) is 5.36. The Kier molecular flexibility index (Phi) is 4.84. The van der Waals surface area contributed by atoms with Crippen molar-refractivity contribution in [2.45, 2.75) is 32.5 Å². The van der Waals surface area contributed by atoms with Crippen LogP contribution < -0.4 is 0 Å². The monoisotopic (exact) mass is 404 g/mol. The van der Waals surface area contributed by atoms with Gasteiger partial charge in [-0.05, 0) is 55.2 Å². The molecule has 1 amide bonds. The second kappa shape index (κ2) is 7.21. The van der Waals surface area contributed by atoms with Crippen LogP contribution in [0, 0.1) is 11.7 Å². The predicted molar refractivity (Wildman–Crippen MR) is 103 cm³/mol. The van der Waals surface area contributed by atoms with Crippen molar-refractivity contribution in [2.75, 3.05) is 6.54 Å². The van der Waals surface area contributed by atoms with E-state index in [-0.39, 0.29) is 18.4 Å². The molecule has 29 heavy (non-hydrogen) atoms. The van der Waals surface area contributed by atoms with Crippen LogP contribution in [0.25, 0.3) is 22.0 Å². The zero-order chi connectivity index (χ0) is 20.8. The fraction of sp³-hybridized carbons (Fsp3) is 0.318. The standard InChI is InChI=1S/C22H20F4N2O/c1-2-28(21(29)13-6-7-13)12-14-10-15(22(24,25)26)8-9-16(14)17-11-27-19-5-3-4-18(23)20(17)19/h3-5,8-11,13,27H,2,6-7,12H2,1H3. The number of amides is 1. The number of hydrogen-bond acceptors (Lipinski definition) is 1. The van der Waals surface area contributed by atoms with Gasteiger partial charge in [0.05, 0.1) is 5.56 Å². The molecule has 3 aromatic rings. The first kappa shape index (κ1) is 19.5. The predicted octanol–water partition coefficient (Wildman–Crippen LogP) is 5.75. The molecule has 1 heterocycles. The Hall–Kier alpha value is -2.83. The Balaban J connectivity index is 1.83. The summed E-state index contributed by atoms with van der Waals surface area (Å²) in [6.07, 6.45) is -1.27. The topological polar surface area (TPSA) is 36.1 Å². The van der Waals surface area contributed by atoms with Gasteiger partial charge in [0.15, 0.2) is 0 Å². The number of aromatic nitrogens is 1. The van der Waals surface area contributed by atoms with E-state index in [2.05, 4.69) is 4.98 Å². The van der Waals surface area contributed by atoms with E-state index in [0.717, 1.165) is 25.0 Å². The Morgan fingerprint density at radius 1 is 1.17 bits per heavy atom. The average molecular weight is 404 g/mol. The number of benzene rings is 2. The molecule has 1 aliphatic rings. The van der Waals surface area contributed by atoms with Crippen LogP contribution in [0.2, 0.25) is 0 Å². The van der Waals surface area contributed by atoms with E-state index in [9.17, 15) is 22.4 Å². The van der Waals surface area contributed by atoms with Gasteiger partial charge in [0.2, 0.25) is 5.91 Å². The molecule has 1 aliphatic carbocycles. The fourth-order valence-electron chi connectivity index (χ4n) is 3.66. The molecule has 0 saturated heterocycles. The summed E-state index contributed by atoms with van der Waals surface area (Å²) in [5.41, 5.74) is 1.09. The highest BCUT2D eigenvalue weighted by atomic mass is 19.4. The van der Waals surface area contributed by atoms with Crippen LogP contribution in [-0.2, 0) is 17.5 Å². The first-order valence-corrected chi connectivity index (χ1v) is 9.54. The molecule has 0 atom stereocenters. The van der Waals surface area contributed by atoms with Crippen LogP contribution >= 0.6 is 0 Å². The lowest BCUT2D eigenvalue weighted by molar-refractivity contribution is -0.137. The average Bonchev–Trinajstić information content (AvgIpc) is 3.44. The van der Waals surface area contributed by atoms with Gasteiger partial charge in [0, 0.05) is 41.7 Å². The maximum Gasteiger partial charge on any atom is 0.416 e. The van der Waals surface area contributed by atoms with Gasteiger partial charge in [-0.25, -0.2) is 4.39 Å². The number of carbonyl (C=O) groups is 1. The van der Waals surface area contributed by atoms with Crippen LogP contribution in [0.5, 0.6) is 0 Å². The minimum atomic E-state index is -4.50. The van der Waals surface area contributed by atoms with Crippen LogP contribution in [0.4, 0.5) is 17.6 Å². The summed E-state index contributed by atoms with van der Waals surface area (Å²) in [6.45, 7) is 2.25. The van der Waals surface area contributed by atoms with Crippen molar-refractivity contribution in [3.8, 4) is 11.1 Å². The summed E-state index contributed by atoms with van der Waals surface area (Å²) in [5, 5.41) is 0.324. The summed E-state index contributed by atoms with van der Waals surface area (Å²) >= 11 is 0. The van der Waals surface area contributed by atoms with E-state index in [4.69, 9.17) is 0 Å². The number of hydrogen-bond donors (Lipinski definition) is 1. The van der Waals surface area contributed by atoms with Crippen LogP contribution in [0.1, 0.15) is 30.9 Å². The zero-order valence-corrected chi connectivity index (χ0v) is 15.8. The number of aromatic amines is 1. The van der Waals surface area contributed by atoms with E-state index in [1.54, 1.807) is 30.2 Å². The molecule has 0 aliphatic heterocycles. The van der Waals surface area contributed by atoms with Crippen molar-refractivity contribution in [2.24, 2.45) is 5.92 Å². The third-order valence-electron chi connectivity index (χ3n) is 5.36. The van der Waals surface area contributed by atoms with Crippen LogP contribution in [0.15, 0.2) is 42.6 Å². The van der Waals surface area contributed by atoms with Crippen molar-refractivity contribution < 1.29 is 22.4 Å². The number of alkyl halides is 3. The van der Waals surface area contributed by atoms with E-state index in [1.165, 1.54) is 12.1 Å². The molecule has 1 aromatic heterocycles. The van der Waals surface area contributed by atoms with Crippen LogP contribution in [0.3, 0.4) is 0 Å². The normalized spacial score (nSPS) is 14.4. The zero-order valence-electron chi connectivity index (χ0n) is 15.8. The lowest BCUT2D eigenvalue weighted by atomic mass is 9.96. The van der Waals surface area contributed by atoms with Crippen molar-refractivity contribution >= 4 is 16.8 Å². The maximum atomic E-state index is 14.5. The summed E-state index contributed by atoms with van der Waals surface area (Å²) < 4.78 is 54.5. The first-order valence-electron chi connectivity index (χ1n) is 9.54. The fourth-order valence-corrected chi connectivity index (χ4v) is 3.66. The molecule has 7 heteroatoms. The Morgan fingerprint density at radius 2 is 1.93 bits per heavy atom. The number of rotatable bonds is 5. The minimum absolute atomic E-state index is 0.0327. The van der Waals surface area contributed by atoms with E-state index in [0.29, 0.717) is 34.1 Å². The minimum Gasteiger partial charge on any atom is -0.360 e. The Labute approximate surface area is 165 Å². The third kappa shape index (κ3) is 3.73. The van der Waals surface area contributed by atoms with Gasteiger partial charge in [-0.15, -0.1) is 0 Å². The molecule has 1 fully saturated rings. The highest BCUT2D eigenvalue weighted by Gasteiger charge is 2.34. The Bertz CT molecular complexity index is 1070. The van der Waals surface area contributed by atoms with Crippen molar-refractivity contribution in [1.82, 2.24) is 9.88 Å². The molecule has 1 N–H and O–H groups in total. The summed E-state index contributed by atoms with van der Waals surface area (Å²) in [5.74, 6) is -0.526. The Morgan fingerprint density at radius 3 is 2.59 bits per heavy atom. The van der Waals surface area contributed by atoms with Crippen LogP contribution in [-0.4, -0.2) is 22.3 Å². The number of nitrogens with one attached hydrogen (secondary N) is 1. The van der Waals surface area contributed by atoms with E-state index >= 15 is 0 Å². The molecule has 152 valence electrons. The molecular weight excluding hydrogens is 384 g/mol. The number of halogens is 4. The first-order chi connectivity index (χ1) is 13.8. The quantitative estimate of drug-likeness (QED) is 0.540. The number of fused-ring (bicyclic) bond motifs is 1. The second-order valence-corrected chi connectivity index (χ2v) is 7.36. The largest absolute Gasteiger partial charge is 0.416 e. The van der Waals surface area contributed by atoms with Gasteiger partial charge < -0.3 is 9.88 Å². The van der Waals surface area contributed by atoms with Gasteiger partial charge in [-0.1, -0.05) is 12.1 Å². The molecule has 0 unspecified atom stereocenters. The molecule has 3 nitrogen and oxygen atoms in total. The molecule has 4 rings (SSSR count). The summed E-state index contributed by atoms with van der Waals surface area (Å²) in [4.78, 5) is 17.1.